The molecule has 0 spiro atoms. The summed E-state index contributed by atoms with van der Waals surface area (Å²) in [5, 5.41) is 0. The molecule has 0 aromatic rings. The molecule has 0 N–H and O–H groups in total. The third-order valence-electron chi connectivity index (χ3n) is 7.73. The summed E-state index contributed by atoms with van der Waals surface area (Å²) in [5.74, 6) is 0.370. The normalized spacial score (nSPS) is 13.6. The van der Waals surface area contributed by atoms with Crippen LogP contribution in [0, 0.1) is 0 Å². The molecule has 1 fully saturated rings. The molecule has 1 saturated heterocycles. The Morgan fingerprint density at radius 1 is 0.455 bits per heavy atom. The van der Waals surface area contributed by atoms with Crippen LogP contribution in [0.5, 0.6) is 0 Å². The standard InChI is InChI=1S/C31H61NO/c1-2-3-4-5-6-7-8-9-10-11-12-13-14-15-16-17-18-19-20-21-22-23-24-25-26-27-29-32-30-28-31(32)33/h2-30H2,1H3. The molecule has 1 amide bonds. The van der Waals surface area contributed by atoms with Crippen LogP contribution in [-0.4, -0.2) is 23.9 Å². The second kappa shape index (κ2) is 24.6. The molecule has 0 saturated carbocycles. The van der Waals surface area contributed by atoms with E-state index in [1.165, 1.54) is 167 Å². The fraction of sp³-hybridized carbons (Fsp3) is 0.968. The van der Waals surface area contributed by atoms with Gasteiger partial charge in [0.1, 0.15) is 0 Å². The van der Waals surface area contributed by atoms with Crippen LogP contribution in [0.4, 0.5) is 0 Å². The Morgan fingerprint density at radius 2 is 0.727 bits per heavy atom. The van der Waals surface area contributed by atoms with Gasteiger partial charge in [-0.1, -0.05) is 167 Å². The van der Waals surface area contributed by atoms with Gasteiger partial charge in [0, 0.05) is 19.5 Å². The van der Waals surface area contributed by atoms with Crippen molar-refractivity contribution in [3.63, 3.8) is 0 Å². The Morgan fingerprint density at radius 3 is 0.939 bits per heavy atom. The van der Waals surface area contributed by atoms with E-state index in [-0.39, 0.29) is 0 Å². The van der Waals surface area contributed by atoms with Crippen LogP contribution in [0.15, 0.2) is 0 Å². The molecule has 1 rings (SSSR count). The number of carbonyl (C=O) groups excluding carboxylic acids is 1. The highest BCUT2D eigenvalue weighted by Crippen LogP contribution is 2.16. The van der Waals surface area contributed by atoms with Crippen LogP contribution in [0.2, 0.25) is 0 Å². The molecular formula is C31H61NO. The van der Waals surface area contributed by atoms with Gasteiger partial charge in [-0.15, -0.1) is 0 Å². The number of carbonyl (C=O) groups is 1. The Hall–Kier alpha value is -0.530. The van der Waals surface area contributed by atoms with Crippen molar-refractivity contribution in [2.24, 2.45) is 0 Å². The van der Waals surface area contributed by atoms with E-state index in [9.17, 15) is 4.79 Å². The van der Waals surface area contributed by atoms with Crippen molar-refractivity contribution in [2.45, 2.75) is 180 Å². The first kappa shape index (κ1) is 30.5. The summed E-state index contributed by atoms with van der Waals surface area (Å²) in [5.41, 5.74) is 0. The maximum absolute atomic E-state index is 11.2. The van der Waals surface area contributed by atoms with Gasteiger partial charge < -0.3 is 4.90 Å². The maximum Gasteiger partial charge on any atom is 0.224 e. The molecule has 33 heavy (non-hydrogen) atoms. The van der Waals surface area contributed by atoms with Crippen LogP contribution >= 0.6 is 0 Å². The van der Waals surface area contributed by atoms with Crippen molar-refractivity contribution in [3.05, 3.63) is 0 Å². The smallest absolute Gasteiger partial charge is 0.224 e. The summed E-state index contributed by atoms with van der Waals surface area (Å²) in [7, 11) is 0. The maximum atomic E-state index is 11.2. The summed E-state index contributed by atoms with van der Waals surface area (Å²) in [6.07, 6.45) is 38.2. The molecule has 1 aliphatic heterocycles. The number of likely N-dealkylation sites (tertiary alicyclic amines) is 1. The fourth-order valence-corrected chi connectivity index (χ4v) is 5.22. The lowest BCUT2D eigenvalue weighted by Gasteiger charge is -2.30. The summed E-state index contributed by atoms with van der Waals surface area (Å²) < 4.78 is 0. The number of hydrogen-bond acceptors (Lipinski definition) is 1. The average molecular weight is 464 g/mol. The van der Waals surface area contributed by atoms with Gasteiger partial charge in [-0.25, -0.2) is 0 Å². The van der Waals surface area contributed by atoms with Crippen molar-refractivity contribution in [1.29, 1.82) is 0 Å². The van der Waals surface area contributed by atoms with Crippen molar-refractivity contribution >= 4 is 5.91 Å². The van der Waals surface area contributed by atoms with Crippen LogP contribution < -0.4 is 0 Å². The van der Waals surface area contributed by atoms with E-state index in [4.69, 9.17) is 0 Å². The van der Waals surface area contributed by atoms with Gasteiger partial charge in [0.05, 0.1) is 0 Å². The first-order valence-corrected chi connectivity index (χ1v) is 15.6. The van der Waals surface area contributed by atoms with Gasteiger partial charge in [-0.05, 0) is 6.42 Å². The van der Waals surface area contributed by atoms with Gasteiger partial charge in [0.25, 0.3) is 0 Å². The second-order valence-electron chi connectivity index (χ2n) is 11.0. The highest BCUT2D eigenvalue weighted by atomic mass is 16.2. The minimum Gasteiger partial charge on any atom is -0.342 e. The molecular weight excluding hydrogens is 402 g/mol. The Bertz CT molecular complexity index is 408. The molecule has 0 radical (unpaired) electrons. The van der Waals surface area contributed by atoms with Crippen molar-refractivity contribution < 1.29 is 4.79 Å². The number of β-lactam (4-membered cyclic amide) rings is 1. The third-order valence-corrected chi connectivity index (χ3v) is 7.73. The molecule has 1 aliphatic rings. The van der Waals surface area contributed by atoms with E-state index < -0.39 is 0 Å². The molecule has 0 bridgehead atoms. The van der Waals surface area contributed by atoms with E-state index >= 15 is 0 Å². The molecule has 0 atom stereocenters. The molecule has 0 aromatic carbocycles. The topological polar surface area (TPSA) is 20.3 Å². The fourth-order valence-electron chi connectivity index (χ4n) is 5.22. The van der Waals surface area contributed by atoms with Crippen molar-refractivity contribution in [3.8, 4) is 0 Å². The summed E-state index contributed by atoms with van der Waals surface area (Å²) in [6.45, 7) is 4.33. The molecule has 0 unspecified atom stereocenters. The van der Waals surface area contributed by atoms with Crippen LogP contribution in [0.25, 0.3) is 0 Å². The van der Waals surface area contributed by atoms with E-state index in [0.717, 1.165) is 19.5 Å². The molecule has 0 aromatic heterocycles. The molecule has 0 aliphatic carbocycles. The Kier molecular flexibility index (Phi) is 22.7. The second-order valence-corrected chi connectivity index (χ2v) is 11.0. The largest absolute Gasteiger partial charge is 0.342 e. The van der Waals surface area contributed by atoms with Crippen molar-refractivity contribution in [1.82, 2.24) is 4.90 Å². The molecule has 196 valence electrons. The Balaban J connectivity index is 1.61. The van der Waals surface area contributed by atoms with E-state index in [2.05, 4.69) is 6.92 Å². The predicted molar refractivity (Wildman–Crippen MR) is 147 cm³/mol. The zero-order valence-electron chi connectivity index (χ0n) is 22.9. The lowest BCUT2D eigenvalue weighted by Crippen LogP contribution is -2.43. The number of amides is 1. The van der Waals surface area contributed by atoms with Crippen molar-refractivity contribution in [2.75, 3.05) is 13.1 Å². The van der Waals surface area contributed by atoms with E-state index in [1.807, 2.05) is 4.90 Å². The lowest BCUT2D eigenvalue weighted by atomic mass is 10.0. The Labute approximate surface area is 209 Å². The number of nitrogens with zero attached hydrogens (tertiary/aromatic N) is 1. The van der Waals surface area contributed by atoms with Gasteiger partial charge in [-0.3, -0.25) is 4.79 Å². The van der Waals surface area contributed by atoms with Gasteiger partial charge in [-0.2, -0.15) is 0 Å². The monoisotopic (exact) mass is 463 g/mol. The zero-order valence-corrected chi connectivity index (χ0v) is 22.9. The zero-order chi connectivity index (χ0) is 23.7. The number of rotatable bonds is 27. The third kappa shape index (κ3) is 20.5. The van der Waals surface area contributed by atoms with Crippen LogP contribution in [0.3, 0.4) is 0 Å². The highest BCUT2D eigenvalue weighted by Gasteiger charge is 2.22. The first-order chi connectivity index (χ1) is 16.3. The lowest BCUT2D eigenvalue weighted by molar-refractivity contribution is -0.139. The summed E-state index contributed by atoms with van der Waals surface area (Å²) in [6, 6.07) is 0. The molecule has 2 nitrogen and oxygen atoms in total. The predicted octanol–water partition coefficient (Wildman–Crippen LogP) is 10.4. The molecule has 2 heteroatoms. The van der Waals surface area contributed by atoms with Crippen LogP contribution in [0.1, 0.15) is 180 Å². The minimum atomic E-state index is 0.370. The van der Waals surface area contributed by atoms with Crippen LogP contribution in [-0.2, 0) is 4.79 Å². The quantitative estimate of drug-likeness (QED) is 0.0876. The number of hydrogen-bond donors (Lipinski definition) is 0. The minimum absolute atomic E-state index is 0.370. The van der Waals surface area contributed by atoms with Gasteiger partial charge in [0.2, 0.25) is 5.91 Å². The highest BCUT2D eigenvalue weighted by molar-refractivity contribution is 5.81. The van der Waals surface area contributed by atoms with E-state index in [0.29, 0.717) is 5.91 Å². The molecule has 1 heterocycles. The number of unbranched alkanes of at least 4 members (excludes halogenated alkanes) is 25. The first-order valence-electron chi connectivity index (χ1n) is 15.6. The summed E-state index contributed by atoms with van der Waals surface area (Å²) in [4.78, 5) is 13.2. The van der Waals surface area contributed by atoms with Gasteiger partial charge >= 0.3 is 0 Å². The van der Waals surface area contributed by atoms with E-state index in [1.54, 1.807) is 0 Å². The van der Waals surface area contributed by atoms with Gasteiger partial charge in [0.15, 0.2) is 0 Å². The summed E-state index contributed by atoms with van der Waals surface area (Å²) >= 11 is 0. The SMILES string of the molecule is CCCCCCCCCCCCCCCCCCCCCCCCCCCCN1CCC1=O. The average Bonchev–Trinajstić information content (AvgIpc) is 2.82.